The third-order valence-electron chi connectivity index (χ3n) is 7.10. The molecule has 2 heterocycles. The second-order valence-corrected chi connectivity index (χ2v) is 10.8. The summed E-state index contributed by atoms with van der Waals surface area (Å²) in [7, 11) is 0. The Morgan fingerprint density at radius 3 is 2.47 bits per heavy atom. The fourth-order valence-electron chi connectivity index (χ4n) is 4.78. The van der Waals surface area contributed by atoms with Crippen molar-refractivity contribution in [3.05, 3.63) is 22.8 Å². The van der Waals surface area contributed by atoms with Gasteiger partial charge in [-0.05, 0) is 51.5 Å². The van der Waals surface area contributed by atoms with E-state index in [1.807, 2.05) is 6.92 Å². The highest BCUT2D eigenvalue weighted by Crippen LogP contribution is 2.36. The normalized spacial score (nSPS) is 23.7. The summed E-state index contributed by atoms with van der Waals surface area (Å²) in [5.41, 5.74) is -0.170. The van der Waals surface area contributed by atoms with Crippen molar-refractivity contribution in [1.82, 2.24) is 20.9 Å². The van der Waals surface area contributed by atoms with Crippen molar-refractivity contribution in [3.8, 4) is 0 Å². The van der Waals surface area contributed by atoms with Crippen LogP contribution in [0.15, 0.2) is 12.3 Å². The van der Waals surface area contributed by atoms with E-state index in [0.717, 1.165) is 12.8 Å². The Kier molecular flexibility index (Phi) is 8.29. The number of amides is 4. The van der Waals surface area contributed by atoms with Gasteiger partial charge in [-0.1, -0.05) is 11.6 Å². The summed E-state index contributed by atoms with van der Waals surface area (Å²) in [6.45, 7) is 1.81. The van der Waals surface area contributed by atoms with E-state index in [0.29, 0.717) is 6.42 Å². The standard InChI is InChI=1S/C25H30ClF2N5O5/c1-12-8-14(22(36)30-12)9-18(19(34)24(38)31-16-2-3-16)32-23(37)17-10-15(26)11-29-20(17)33-21(35)13-4-6-25(27,28)7-5-13/h10-14,16,18H,2-9H2,1H3,(H,30,36)(H,31,38)(H,32,37)(H,29,33,35)/t12-,14+,18+/m1/s1. The molecule has 3 fully saturated rings. The molecule has 10 nitrogen and oxygen atoms in total. The first kappa shape index (κ1) is 27.9. The van der Waals surface area contributed by atoms with Gasteiger partial charge in [0.25, 0.3) is 11.8 Å². The molecule has 4 rings (SSSR count). The molecular weight excluding hydrogens is 524 g/mol. The molecule has 1 saturated heterocycles. The molecule has 0 unspecified atom stereocenters. The summed E-state index contributed by atoms with van der Waals surface area (Å²) in [4.78, 5) is 67.9. The number of carbonyl (C=O) groups excluding carboxylic acids is 5. The van der Waals surface area contributed by atoms with E-state index in [-0.39, 0.29) is 53.7 Å². The molecule has 4 N–H and O–H groups in total. The Labute approximate surface area is 223 Å². The first-order valence-electron chi connectivity index (χ1n) is 12.7. The van der Waals surface area contributed by atoms with Gasteiger partial charge < -0.3 is 21.3 Å². The predicted molar refractivity (Wildman–Crippen MR) is 133 cm³/mol. The molecule has 4 amide bonds. The molecule has 1 aliphatic heterocycles. The van der Waals surface area contributed by atoms with Crippen LogP contribution < -0.4 is 21.3 Å². The minimum Gasteiger partial charge on any atom is -0.353 e. The van der Waals surface area contributed by atoms with Crippen molar-refractivity contribution < 1.29 is 32.8 Å². The summed E-state index contributed by atoms with van der Waals surface area (Å²) in [5, 5.41) is 10.5. The molecule has 3 aliphatic rings. The van der Waals surface area contributed by atoms with E-state index < -0.39 is 60.1 Å². The van der Waals surface area contributed by atoms with Gasteiger partial charge in [0.05, 0.1) is 16.6 Å². The fraction of sp³-hybridized carbons (Fsp3) is 0.600. The maximum Gasteiger partial charge on any atom is 0.289 e. The summed E-state index contributed by atoms with van der Waals surface area (Å²) in [6, 6.07) is -0.273. The summed E-state index contributed by atoms with van der Waals surface area (Å²) >= 11 is 6.04. The molecule has 3 atom stereocenters. The van der Waals surface area contributed by atoms with Gasteiger partial charge in [0.2, 0.25) is 23.5 Å². The maximum absolute atomic E-state index is 13.5. The van der Waals surface area contributed by atoms with Crippen molar-refractivity contribution in [3.63, 3.8) is 0 Å². The van der Waals surface area contributed by atoms with E-state index in [1.54, 1.807) is 0 Å². The highest BCUT2D eigenvalue weighted by Gasteiger charge is 2.39. The quantitative estimate of drug-likeness (QED) is 0.345. The number of ketones is 1. The minimum absolute atomic E-state index is 0.0114. The molecule has 0 spiro atoms. The highest BCUT2D eigenvalue weighted by molar-refractivity contribution is 6.38. The monoisotopic (exact) mass is 553 g/mol. The zero-order chi connectivity index (χ0) is 27.6. The van der Waals surface area contributed by atoms with Crippen LogP contribution in [0.2, 0.25) is 5.02 Å². The van der Waals surface area contributed by atoms with Crippen molar-refractivity contribution in [2.45, 2.75) is 82.3 Å². The van der Waals surface area contributed by atoms with Gasteiger partial charge in [-0.25, -0.2) is 13.8 Å². The van der Waals surface area contributed by atoms with Crippen LogP contribution in [0.3, 0.4) is 0 Å². The van der Waals surface area contributed by atoms with Gasteiger partial charge in [0.15, 0.2) is 0 Å². The lowest BCUT2D eigenvalue weighted by molar-refractivity contribution is -0.139. The first-order chi connectivity index (χ1) is 17.9. The van der Waals surface area contributed by atoms with Crippen LogP contribution in [0.25, 0.3) is 0 Å². The van der Waals surface area contributed by atoms with Crippen LogP contribution in [-0.2, 0) is 19.2 Å². The predicted octanol–water partition coefficient (Wildman–Crippen LogP) is 2.36. The first-order valence-corrected chi connectivity index (χ1v) is 13.1. The van der Waals surface area contributed by atoms with E-state index >= 15 is 0 Å². The number of carbonyl (C=O) groups is 5. The number of hydrogen-bond donors (Lipinski definition) is 4. The molecule has 13 heteroatoms. The van der Waals surface area contributed by atoms with Gasteiger partial charge in [-0.15, -0.1) is 0 Å². The zero-order valence-electron chi connectivity index (χ0n) is 20.8. The summed E-state index contributed by atoms with van der Waals surface area (Å²) in [5.74, 6) is -7.63. The van der Waals surface area contributed by atoms with Crippen molar-refractivity contribution in [2.75, 3.05) is 5.32 Å². The Morgan fingerprint density at radius 2 is 1.87 bits per heavy atom. The summed E-state index contributed by atoms with van der Waals surface area (Å²) in [6.07, 6.45) is 2.22. The van der Waals surface area contributed by atoms with Crippen LogP contribution in [0.1, 0.15) is 68.6 Å². The van der Waals surface area contributed by atoms with Crippen molar-refractivity contribution in [2.24, 2.45) is 11.8 Å². The van der Waals surface area contributed by atoms with E-state index in [9.17, 15) is 32.8 Å². The highest BCUT2D eigenvalue weighted by atomic mass is 35.5. The van der Waals surface area contributed by atoms with E-state index in [1.165, 1.54) is 12.3 Å². The number of Topliss-reactive ketones (excluding diaryl/α,β-unsaturated/α-hetero) is 1. The van der Waals surface area contributed by atoms with Crippen LogP contribution in [0, 0.1) is 11.8 Å². The molecule has 1 aromatic heterocycles. The number of aromatic nitrogens is 1. The van der Waals surface area contributed by atoms with E-state index in [4.69, 9.17) is 11.6 Å². The van der Waals surface area contributed by atoms with Crippen molar-refractivity contribution >= 4 is 46.8 Å². The van der Waals surface area contributed by atoms with Crippen LogP contribution in [0.5, 0.6) is 0 Å². The molecule has 0 radical (unpaired) electrons. The molecular formula is C25H30ClF2N5O5. The number of nitrogens with zero attached hydrogens (tertiary/aromatic N) is 1. The Morgan fingerprint density at radius 1 is 1.18 bits per heavy atom. The SMILES string of the molecule is C[C@@H]1C[C@@H](C[C@H](NC(=O)c2cc(Cl)cnc2NC(=O)C2CCC(F)(F)CC2)C(=O)C(=O)NC2CC2)C(=O)N1. The van der Waals surface area contributed by atoms with Crippen molar-refractivity contribution in [1.29, 1.82) is 0 Å². The molecule has 1 aromatic rings. The number of anilines is 1. The zero-order valence-corrected chi connectivity index (χ0v) is 21.6. The number of hydrogen-bond acceptors (Lipinski definition) is 6. The number of pyridine rings is 1. The second-order valence-electron chi connectivity index (χ2n) is 10.4. The van der Waals surface area contributed by atoms with Gasteiger partial charge >= 0.3 is 0 Å². The van der Waals surface area contributed by atoms with E-state index in [2.05, 4.69) is 26.3 Å². The van der Waals surface area contributed by atoms with Gasteiger partial charge in [-0.3, -0.25) is 24.0 Å². The molecule has 0 bridgehead atoms. The maximum atomic E-state index is 13.5. The number of halogens is 3. The van der Waals surface area contributed by atoms with Crippen LogP contribution >= 0.6 is 11.6 Å². The molecule has 2 aliphatic carbocycles. The number of alkyl halides is 2. The van der Waals surface area contributed by atoms with Gasteiger partial charge in [0, 0.05) is 43.0 Å². The van der Waals surface area contributed by atoms with Gasteiger partial charge in [0.1, 0.15) is 5.82 Å². The minimum atomic E-state index is -2.80. The average Bonchev–Trinajstić information content (AvgIpc) is 3.61. The Balaban J connectivity index is 1.50. The average molecular weight is 554 g/mol. The lowest BCUT2D eigenvalue weighted by Crippen LogP contribution is -2.49. The molecule has 2 saturated carbocycles. The largest absolute Gasteiger partial charge is 0.353 e. The fourth-order valence-corrected chi connectivity index (χ4v) is 4.94. The van der Waals surface area contributed by atoms with Crippen LogP contribution in [-0.4, -0.2) is 58.4 Å². The number of rotatable bonds is 9. The van der Waals surface area contributed by atoms with Gasteiger partial charge in [-0.2, -0.15) is 0 Å². The Hall–Kier alpha value is -3.15. The molecule has 0 aromatic carbocycles. The topological polar surface area (TPSA) is 146 Å². The third kappa shape index (κ3) is 7.03. The summed E-state index contributed by atoms with van der Waals surface area (Å²) < 4.78 is 27.0. The van der Waals surface area contributed by atoms with Crippen LogP contribution in [0.4, 0.5) is 14.6 Å². The third-order valence-corrected chi connectivity index (χ3v) is 7.31. The molecule has 38 heavy (non-hydrogen) atoms. The lowest BCUT2D eigenvalue weighted by atomic mass is 9.86. The second kappa shape index (κ2) is 11.3. The lowest BCUT2D eigenvalue weighted by Gasteiger charge is -2.27. The number of nitrogens with one attached hydrogen (secondary N) is 4. The smallest absolute Gasteiger partial charge is 0.289 e. The molecule has 206 valence electrons. The Bertz CT molecular complexity index is 1140.